The number of rotatable bonds is 8. The van der Waals surface area contributed by atoms with Crippen LogP contribution in [0.5, 0.6) is 11.5 Å². The maximum atomic E-state index is 12.7. The van der Waals surface area contributed by atoms with E-state index in [1.165, 1.54) is 0 Å². The van der Waals surface area contributed by atoms with Crippen molar-refractivity contribution in [1.29, 1.82) is 0 Å². The van der Waals surface area contributed by atoms with E-state index in [0.717, 1.165) is 21.9 Å². The van der Waals surface area contributed by atoms with Crippen LogP contribution in [0.25, 0.3) is 0 Å². The highest BCUT2D eigenvalue weighted by Crippen LogP contribution is 2.33. The molecule has 1 aromatic heterocycles. The fraction of sp³-hybridized carbons (Fsp3) is 0.269. The SMILES string of the molecule is COc1ccc(COc2cc(C(ON3C(=O)c4ccccc4C3=O)C(C)C)ncc2C)cc1. The Labute approximate surface area is 192 Å². The van der Waals surface area contributed by atoms with Crippen molar-refractivity contribution in [2.75, 3.05) is 7.11 Å². The number of carbonyl (C=O) groups is 2. The second kappa shape index (κ2) is 9.42. The van der Waals surface area contributed by atoms with Gasteiger partial charge in [-0.3, -0.25) is 19.4 Å². The summed E-state index contributed by atoms with van der Waals surface area (Å²) in [6.45, 7) is 6.18. The number of amides is 2. The number of benzene rings is 2. The Kier molecular flexibility index (Phi) is 6.42. The van der Waals surface area contributed by atoms with Crippen LogP contribution >= 0.6 is 0 Å². The van der Waals surface area contributed by atoms with Crippen molar-refractivity contribution in [1.82, 2.24) is 10.0 Å². The van der Waals surface area contributed by atoms with Gasteiger partial charge in [-0.15, -0.1) is 5.06 Å². The van der Waals surface area contributed by atoms with Crippen LogP contribution in [0.1, 0.15) is 57.5 Å². The molecule has 7 heteroatoms. The smallest absolute Gasteiger partial charge is 0.285 e. The number of hydroxylamine groups is 2. The van der Waals surface area contributed by atoms with Gasteiger partial charge in [-0.05, 0) is 42.7 Å². The lowest BCUT2D eigenvalue weighted by Gasteiger charge is -2.25. The van der Waals surface area contributed by atoms with Gasteiger partial charge in [-0.25, -0.2) is 0 Å². The molecule has 4 rings (SSSR count). The summed E-state index contributed by atoms with van der Waals surface area (Å²) in [6, 6.07) is 16.2. The summed E-state index contributed by atoms with van der Waals surface area (Å²) in [4.78, 5) is 36.0. The molecule has 7 nitrogen and oxygen atoms in total. The summed E-state index contributed by atoms with van der Waals surface area (Å²) < 4.78 is 11.2. The molecule has 1 aliphatic rings. The lowest BCUT2D eigenvalue weighted by Crippen LogP contribution is -2.33. The van der Waals surface area contributed by atoms with Crippen LogP contribution in [0.4, 0.5) is 0 Å². The number of imide groups is 1. The van der Waals surface area contributed by atoms with Gasteiger partial charge in [0.2, 0.25) is 0 Å². The highest BCUT2D eigenvalue weighted by Gasteiger charge is 2.39. The monoisotopic (exact) mass is 446 g/mol. The molecule has 33 heavy (non-hydrogen) atoms. The van der Waals surface area contributed by atoms with Crippen LogP contribution in [0.15, 0.2) is 60.8 Å². The number of methoxy groups -OCH3 is 1. The summed E-state index contributed by atoms with van der Waals surface area (Å²) in [5.41, 5.74) is 3.12. The summed E-state index contributed by atoms with van der Waals surface area (Å²) >= 11 is 0. The van der Waals surface area contributed by atoms with E-state index >= 15 is 0 Å². The number of aromatic nitrogens is 1. The van der Waals surface area contributed by atoms with Gasteiger partial charge in [-0.2, -0.15) is 0 Å². The average molecular weight is 447 g/mol. The molecule has 0 radical (unpaired) electrons. The summed E-state index contributed by atoms with van der Waals surface area (Å²) in [5.74, 6) is 0.450. The topological polar surface area (TPSA) is 78.0 Å². The van der Waals surface area contributed by atoms with Crippen molar-refractivity contribution >= 4 is 11.8 Å². The highest BCUT2D eigenvalue weighted by atomic mass is 16.7. The Bertz CT molecular complexity index is 1140. The molecule has 3 aromatic rings. The maximum Gasteiger partial charge on any atom is 0.285 e. The predicted octanol–water partition coefficient (Wildman–Crippen LogP) is 4.90. The first-order valence-electron chi connectivity index (χ1n) is 10.8. The largest absolute Gasteiger partial charge is 0.497 e. The Morgan fingerprint density at radius 1 is 0.970 bits per heavy atom. The summed E-state index contributed by atoms with van der Waals surface area (Å²) in [5, 5.41) is 0.842. The lowest BCUT2D eigenvalue weighted by molar-refractivity contribution is -0.149. The number of hydrogen-bond acceptors (Lipinski definition) is 6. The van der Waals surface area contributed by atoms with Gasteiger partial charge in [0.1, 0.15) is 24.2 Å². The minimum Gasteiger partial charge on any atom is -0.497 e. The Morgan fingerprint density at radius 2 is 1.61 bits per heavy atom. The van der Waals surface area contributed by atoms with E-state index in [0.29, 0.717) is 29.2 Å². The van der Waals surface area contributed by atoms with Crippen LogP contribution in [-0.2, 0) is 11.4 Å². The third-order valence-corrected chi connectivity index (χ3v) is 5.50. The quantitative estimate of drug-likeness (QED) is 0.458. The molecule has 0 saturated carbocycles. The second-order valence-electron chi connectivity index (χ2n) is 8.23. The molecule has 0 saturated heterocycles. The Hall–Kier alpha value is -3.71. The maximum absolute atomic E-state index is 12.7. The minimum atomic E-state index is -0.615. The zero-order valence-electron chi connectivity index (χ0n) is 19.1. The van der Waals surface area contributed by atoms with E-state index in [4.69, 9.17) is 14.3 Å². The van der Waals surface area contributed by atoms with Gasteiger partial charge in [0.25, 0.3) is 11.8 Å². The second-order valence-corrected chi connectivity index (χ2v) is 8.23. The molecule has 0 bridgehead atoms. The predicted molar refractivity (Wildman–Crippen MR) is 122 cm³/mol. The Morgan fingerprint density at radius 3 is 2.18 bits per heavy atom. The molecular formula is C26H26N2O5. The molecule has 0 aliphatic carbocycles. The molecule has 1 aliphatic heterocycles. The number of ether oxygens (including phenoxy) is 2. The molecule has 2 aromatic carbocycles. The van der Waals surface area contributed by atoms with Crippen LogP contribution in [0.2, 0.25) is 0 Å². The third-order valence-electron chi connectivity index (χ3n) is 5.50. The van der Waals surface area contributed by atoms with Gasteiger partial charge in [0, 0.05) is 17.8 Å². The number of pyridine rings is 1. The van der Waals surface area contributed by atoms with Crippen LogP contribution in [0, 0.1) is 12.8 Å². The Balaban J connectivity index is 1.53. The normalized spacial score (nSPS) is 13.9. The number of aryl methyl sites for hydroxylation is 1. The fourth-order valence-corrected chi connectivity index (χ4v) is 3.61. The molecule has 2 amide bonds. The van der Waals surface area contributed by atoms with E-state index < -0.39 is 17.9 Å². The van der Waals surface area contributed by atoms with Crippen molar-refractivity contribution in [3.05, 3.63) is 88.7 Å². The molecule has 1 unspecified atom stereocenters. The van der Waals surface area contributed by atoms with Crippen molar-refractivity contribution in [2.24, 2.45) is 5.92 Å². The molecule has 0 fully saturated rings. The standard InChI is InChI=1S/C26H26N2O5/c1-16(2)24(33-28-25(29)20-7-5-6-8-21(20)26(28)30)22-13-23(17(3)14-27-22)32-15-18-9-11-19(31-4)12-10-18/h5-14,16,24H,15H2,1-4H3. The first-order valence-corrected chi connectivity index (χ1v) is 10.8. The molecule has 1 atom stereocenters. The van der Waals surface area contributed by atoms with Crippen LogP contribution < -0.4 is 9.47 Å². The zero-order chi connectivity index (χ0) is 23.5. The van der Waals surface area contributed by atoms with Crippen molar-refractivity contribution in [3.8, 4) is 11.5 Å². The minimum absolute atomic E-state index is 0.0565. The zero-order valence-corrected chi connectivity index (χ0v) is 19.1. The molecule has 2 heterocycles. The molecular weight excluding hydrogens is 420 g/mol. The van der Waals surface area contributed by atoms with Gasteiger partial charge in [0.05, 0.1) is 23.9 Å². The average Bonchev–Trinajstić information content (AvgIpc) is 3.07. The number of carbonyl (C=O) groups excluding carboxylic acids is 2. The first-order chi connectivity index (χ1) is 15.9. The number of hydrogen-bond donors (Lipinski definition) is 0. The first kappa shape index (κ1) is 22.5. The van der Waals surface area contributed by atoms with Crippen molar-refractivity contribution in [2.45, 2.75) is 33.5 Å². The van der Waals surface area contributed by atoms with Crippen LogP contribution in [0.3, 0.4) is 0 Å². The van der Waals surface area contributed by atoms with E-state index in [2.05, 4.69) is 4.98 Å². The summed E-state index contributed by atoms with van der Waals surface area (Å²) in [7, 11) is 1.63. The highest BCUT2D eigenvalue weighted by molar-refractivity contribution is 6.20. The molecule has 0 spiro atoms. The fourth-order valence-electron chi connectivity index (χ4n) is 3.61. The molecule has 0 N–H and O–H groups in total. The van der Waals surface area contributed by atoms with Gasteiger partial charge < -0.3 is 9.47 Å². The summed E-state index contributed by atoms with van der Waals surface area (Å²) in [6.07, 6.45) is 1.09. The van der Waals surface area contributed by atoms with Crippen molar-refractivity contribution < 1.29 is 23.9 Å². The van der Waals surface area contributed by atoms with E-state index in [-0.39, 0.29) is 5.92 Å². The number of fused-ring (bicyclic) bond motifs is 1. The van der Waals surface area contributed by atoms with E-state index in [1.54, 1.807) is 37.6 Å². The van der Waals surface area contributed by atoms with Gasteiger partial charge in [-0.1, -0.05) is 38.1 Å². The van der Waals surface area contributed by atoms with E-state index in [1.807, 2.05) is 51.1 Å². The van der Waals surface area contributed by atoms with Crippen LogP contribution in [-0.4, -0.2) is 29.0 Å². The third kappa shape index (κ3) is 4.59. The number of nitrogens with zero attached hydrogens (tertiary/aromatic N) is 2. The van der Waals surface area contributed by atoms with Crippen molar-refractivity contribution in [3.63, 3.8) is 0 Å². The van der Waals surface area contributed by atoms with Gasteiger partial charge >= 0.3 is 0 Å². The van der Waals surface area contributed by atoms with E-state index in [9.17, 15) is 9.59 Å². The lowest BCUT2D eigenvalue weighted by atomic mass is 10.0. The van der Waals surface area contributed by atoms with Gasteiger partial charge in [0.15, 0.2) is 0 Å². The molecule has 170 valence electrons.